The Bertz CT molecular complexity index is 472. The van der Waals surface area contributed by atoms with E-state index in [0.717, 1.165) is 15.9 Å². The molecule has 15 heavy (non-hydrogen) atoms. The van der Waals surface area contributed by atoms with E-state index in [2.05, 4.69) is 15.0 Å². The van der Waals surface area contributed by atoms with E-state index >= 15 is 0 Å². The zero-order valence-corrected chi connectivity index (χ0v) is 9.03. The molecule has 5 heteroatoms. The Kier molecular flexibility index (Phi) is 2.82. The minimum Gasteiger partial charge on any atom is -0.397 e. The second-order valence-electron chi connectivity index (χ2n) is 2.94. The Morgan fingerprint density at radius 1 is 1.20 bits per heavy atom. The normalized spacial score (nSPS) is 10.2. The van der Waals surface area contributed by atoms with Crippen molar-refractivity contribution in [2.75, 3.05) is 5.73 Å². The summed E-state index contributed by atoms with van der Waals surface area (Å²) in [6, 6.07) is 5.47. The van der Waals surface area contributed by atoms with Crippen molar-refractivity contribution in [3.8, 4) is 0 Å². The van der Waals surface area contributed by atoms with Crippen LogP contribution in [0.2, 0.25) is 0 Å². The first kappa shape index (κ1) is 9.92. The number of nitrogens with two attached hydrogens (primary N) is 1. The molecule has 2 heterocycles. The molecule has 2 aromatic rings. The van der Waals surface area contributed by atoms with Gasteiger partial charge in [0.15, 0.2) is 0 Å². The molecule has 0 saturated heterocycles. The van der Waals surface area contributed by atoms with Crippen LogP contribution in [0.5, 0.6) is 0 Å². The van der Waals surface area contributed by atoms with Gasteiger partial charge in [0.25, 0.3) is 0 Å². The topological polar surface area (TPSA) is 64.7 Å². The quantitative estimate of drug-likeness (QED) is 0.780. The van der Waals surface area contributed by atoms with Crippen LogP contribution >= 0.6 is 11.8 Å². The number of anilines is 1. The second kappa shape index (κ2) is 4.27. The zero-order valence-electron chi connectivity index (χ0n) is 8.21. The van der Waals surface area contributed by atoms with Gasteiger partial charge in [-0.3, -0.25) is 0 Å². The van der Waals surface area contributed by atoms with Crippen LogP contribution in [0.3, 0.4) is 0 Å². The summed E-state index contributed by atoms with van der Waals surface area (Å²) in [7, 11) is 0. The molecule has 0 unspecified atom stereocenters. The molecule has 0 bridgehead atoms. The van der Waals surface area contributed by atoms with Gasteiger partial charge in [-0.05, 0) is 36.9 Å². The summed E-state index contributed by atoms with van der Waals surface area (Å²) in [6.45, 7) is 1.85. The summed E-state index contributed by atoms with van der Waals surface area (Å²) in [5, 5.41) is 1.63. The third kappa shape index (κ3) is 2.44. The molecule has 0 saturated carbocycles. The first-order valence-electron chi connectivity index (χ1n) is 4.44. The lowest BCUT2D eigenvalue weighted by molar-refractivity contribution is 0.964. The van der Waals surface area contributed by atoms with Gasteiger partial charge in [0.2, 0.25) is 0 Å². The van der Waals surface area contributed by atoms with Crippen molar-refractivity contribution >= 4 is 17.4 Å². The molecule has 0 fully saturated rings. The lowest BCUT2D eigenvalue weighted by Gasteiger charge is -2.02. The van der Waals surface area contributed by atoms with Crippen LogP contribution in [0.1, 0.15) is 5.82 Å². The maximum Gasteiger partial charge on any atom is 0.126 e. The van der Waals surface area contributed by atoms with Gasteiger partial charge in [0.1, 0.15) is 15.9 Å². The lowest BCUT2D eigenvalue weighted by atomic mass is 10.4. The minimum absolute atomic E-state index is 0.666. The zero-order chi connectivity index (χ0) is 10.7. The van der Waals surface area contributed by atoms with Gasteiger partial charge in [0, 0.05) is 12.4 Å². The van der Waals surface area contributed by atoms with E-state index in [9.17, 15) is 0 Å². The van der Waals surface area contributed by atoms with Gasteiger partial charge >= 0.3 is 0 Å². The highest BCUT2D eigenvalue weighted by atomic mass is 32.2. The van der Waals surface area contributed by atoms with Gasteiger partial charge in [-0.2, -0.15) is 0 Å². The first-order chi connectivity index (χ1) is 7.25. The summed E-state index contributed by atoms with van der Waals surface area (Å²) in [4.78, 5) is 12.5. The maximum absolute atomic E-state index is 5.78. The third-order valence-electron chi connectivity index (χ3n) is 1.75. The van der Waals surface area contributed by atoms with E-state index in [1.165, 1.54) is 11.8 Å². The number of hydrogen-bond acceptors (Lipinski definition) is 5. The Hall–Kier alpha value is -1.62. The highest BCUT2D eigenvalue weighted by molar-refractivity contribution is 7.99. The highest BCUT2D eigenvalue weighted by Crippen LogP contribution is 2.27. The predicted octanol–water partition coefficient (Wildman–Crippen LogP) is 1.91. The van der Waals surface area contributed by atoms with E-state index in [4.69, 9.17) is 5.73 Å². The van der Waals surface area contributed by atoms with Gasteiger partial charge < -0.3 is 5.73 Å². The Balaban J connectivity index is 2.26. The third-order valence-corrected chi connectivity index (χ3v) is 2.72. The number of rotatable bonds is 2. The van der Waals surface area contributed by atoms with Crippen LogP contribution < -0.4 is 5.73 Å². The molecule has 76 valence electrons. The van der Waals surface area contributed by atoms with E-state index in [1.54, 1.807) is 12.4 Å². The van der Waals surface area contributed by atoms with Crippen molar-refractivity contribution in [3.05, 3.63) is 36.4 Å². The highest BCUT2D eigenvalue weighted by Gasteiger charge is 2.03. The molecule has 4 nitrogen and oxygen atoms in total. The van der Waals surface area contributed by atoms with Gasteiger partial charge in [-0.25, -0.2) is 15.0 Å². The van der Waals surface area contributed by atoms with Crippen LogP contribution in [-0.2, 0) is 0 Å². The summed E-state index contributed by atoms with van der Waals surface area (Å²) >= 11 is 1.44. The average Bonchev–Trinajstić information content (AvgIpc) is 2.22. The summed E-state index contributed by atoms with van der Waals surface area (Å²) in [6.07, 6.45) is 3.44. The number of nitrogen functional groups attached to an aromatic ring is 1. The van der Waals surface area contributed by atoms with Gasteiger partial charge in [-0.1, -0.05) is 0 Å². The van der Waals surface area contributed by atoms with Gasteiger partial charge in [-0.15, -0.1) is 0 Å². The second-order valence-corrected chi connectivity index (χ2v) is 3.95. The van der Waals surface area contributed by atoms with Gasteiger partial charge in [0.05, 0.1) is 5.69 Å². The number of hydrogen-bond donors (Lipinski definition) is 1. The van der Waals surface area contributed by atoms with E-state index in [1.807, 2.05) is 25.1 Å². The number of nitrogens with zero attached hydrogens (tertiary/aromatic N) is 3. The van der Waals surface area contributed by atoms with Crippen molar-refractivity contribution < 1.29 is 0 Å². The predicted molar refractivity (Wildman–Crippen MR) is 59.5 cm³/mol. The standard InChI is InChI=1S/C10H10N4S/c1-7-12-6-4-9(14-7)15-10-8(11)3-2-5-13-10/h2-6H,11H2,1H3. The fourth-order valence-electron chi connectivity index (χ4n) is 1.08. The molecule has 2 rings (SSSR count). The minimum atomic E-state index is 0.666. The summed E-state index contributed by atoms with van der Waals surface area (Å²) in [5.74, 6) is 0.745. The van der Waals surface area contributed by atoms with Crippen molar-refractivity contribution in [3.63, 3.8) is 0 Å². The number of aryl methyl sites for hydroxylation is 1. The summed E-state index contributed by atoms with van der Waals surface area (Å²) in [5.41, 5.74) is 6.45. The smallest absolute Gasteiger partial charge is 0.126 e. The lowest BCUT2D eigenvalue weighted by Crippen LogP contribution is -1.92. The van der Waals surface area contributed by atoms with E-state index in [-0.39, 0.29) is 0 Å². The largest absolute Gasteiger partial charge is 0.397 e. The molecular weight excluding hydrogens is 208 g/mol. The van der Waals surface area contributed by atoms with Crippen LogP contribution in [-0.4, -0.2) is 15.0 Å². The molecule has 2 aromatic heterocycles. The van der Waals surface area contributed by atoms with Crippen LogP contribution in [0.15, 0.2) is 40.6 Å². The Morgan fingerprint density at radius 3 is 2.80 bits per heavy atom. The molecule has 0 aliphatic heterocycles. The van der Waals surface area contributed by atoms with Crippen LogP contribution in [0.25, 0.3) is 0 Å². The van der Waals surface area contributed by atoms with E-state index < -0.39 is 0 Å². The molecule has 0 amide bonds. The maximum atomic E-state index is 5.78. The van der Waals surface area contributed by atoms with Crippen LogP contribution in [0, 0.1) is 6.92 Å². The fourth-order valence-corrected chi connectivity index (χ4v) is 1.88. The summed E-state index contributed by atoms with van der Waals surface area (Å²) < 4.78 is 0. The number of aromatic nitrogens is 3. The molecule has 0 aliphatic carbocycles. The van der Waals surface area contributed by atoms with Crippen LogP contribution in [0.4, 0.5) is 5.69 Å². The fraction of sp³-hybridized carbons (Fsp3) is 0.100. The van der Waals surface area contributed by atoms with Crippen molar-refractivity contribution in [2.45, 2.75) is 17.0 Å². The molecular formula is C10H10N4S. The molecule has 2 N–H and O–H groups in total. The Morgan fingerprint density at radius 2 is 2.07 bits per heavy atom. The molecule has 0 spiro atoms. The number of pyridine rings is 1. The SMILES string of the molecule is Cc1nccc(Sc2ncccc2N)n1. The van der Waals surface area contributed by atoms with E-state index in [0.29, 0.717) is 5.69 Å². The van der Waals surface area contributed by atoms with Crippen molar-refractivity contribution in [1.29, 1.82) is 0 Å². The average molecular weight is 218 g/mol. The molecule has 0 aromatic carbocycles. The van der Waals surface area contributed by atoms with Crippen molar-refractivity contribution in [1.82, 2.24) is 15.0 Å². The van der Waals surface area contributed by atoms with Crippen molar-refractivity contribution in [2.24, 2.45) is 0 Å². The first-order valence-corrected chi connectivity index (χ1v) is 5.25. The molecule has 0 radical (unpaired) electrons. The Labute approximate surface area is 92.0 Å². The monoisotopic (exact) mass is 218 g/mol. The molecule has 0 aliphatic rings. The molecule has 0 atom stereocenters.